The van der Waals surface area contributed by atoms with E-state index in [1.165, 1.54) is 32.1 Å². The van der Waals surface area contributed by atoms with Crippen molar-refractivity contribution < 1.29 is 0 Å². The summed E-state index contributed by atoms with van der Waals surface area (Å²) in [6, 6.07) is 1.66. The number of piperidine rings is 1. The summed E-state index contributed by atoms with van der Waals surface area (Å²) in [6.07, 6.45) is 7.58. The molecule has 1 aliphatic heterocycles. The molecule has 3 rings (SSSR count). The molecule has 2 atom stereocenters. The lowest BCUT2D eigenvalue weighted by Crippen LogP contribution is -2.42. The minimum absolute atomic E-state index is 0.0207. The Hall–Kier alpha value is -1.32. The lowest BCUT2D eigenvalue weighted by atomic mass is 9.75. The number of aryl methyl sites for hydroxylation is 1. The first-order valence-electron chi connectivity index (χ1n) is 7.61. The molecule has 19 heavy (non-hydrogen) atoms. The van der Waals surface area contributed by atoms with Gasteiger partial charge in [0.2, 0.25) is 0 Å². The summed E-state index contributed by atoms with van der Waals surface area (Å²) in [6.45, 7) is 4.17. The SMILES string of the molecule is CCc1nc(N2CCC3CCCCC3C2)cc(=O)[nH]1. The van der Waals surface area contributed by atoms with Crippen molar-refractivity contribution >= 4 is 5.82 Å². The second kappa shape index (κ2) is 5.35. The summed E-state index contributed by atoms with van der Waals surface area (Å²) in [4.78, 5) is 21.4. The van der Waals surface area contributed by atoms with Crippen molar-refractivity contribution in [1.82, 2.24) is 9.97 Å². The first-order chi connectivity index (χ1) is 9.26. The number of rotatable bonds is 2. The van der Waals surface area contributed by atoms with Crippen molar-refractivity contribution in [2.45, 2.75) is 45.4 Å². The zero-order chi connectivity index (χ0) is 13.2. The van der Waals surface area contributed by atoms with Gasteiger partial charge in [0.05, 0.1) is 0 Å². The fourth-order valence-corrected chi connectivity index (χ4v) is 3.63. The summed E-state index contributed by atoms with van der Waals surface area (Å²) in [5.41, 5.74) is -0.0207. The molecule has 2 unspecified atom stereocenters. The van der Waals surface area contributed by atoms with Crippen LogP contribution in [0.3, 0.4) is 0 Å². The lowest BCUT2D eigenvalue weighted by molar-refractivity contribution is 0.202. The highest BCUT2D eigenvalue weighted by Gasteiger charge is 2.31. The van der Waals surface area contributed by atoms with Gasteiger partial charge in [0.25, 0.3) is 5.56 Å². The van der Waals surface area contributed by atoms with Gasteiger partial charge >= 0.3 is 0 Å². The fourth-order valence-electron chi connectivity index (χ4n) is 3.63. The van der Waals surface area contributed by atoms with E-state index in [1.54, 1.807) is 6.07 Å². The third-order valence-corrected chi connectivity index (χ3v) is 4.73. The summed E-state index contributed by atoms with van der Waals surface area (Å²) >= 11 is 0. The molecule has 2 fully saturated rings. The van der Waals surface area contributed by atoms with E-state index in [9.17, 15) is 4.79 Å². The number of fused-ring (bicyclic) bond motifs is 1. The number of nitrogens with zero attached hydrogens (tertiary/aromatic N) is 2. The van der Waals surface area contributed by atoms with Crippen LogP contribution in [0.5, 0.6) is 0 Å². The minimum Gasteiger partial charge on any atom is -0.356 e. The topological polar surface area (TPSA) is 49.0 Å². The van der Waals surface area contributed by atoms with Crippen LogP contribution in [0.25, 0.3) is 0 Å². The van der Waals surface area contributed by atoms with Gasteiger partial charge in [0.1, 0.15) is 11.6 Å². The number of hydrogen-bond acceptors (Lipinski definition) is 3. The summed E-state index contributed by atoms with van der Waals surface area (Å²) in [7, 11) is 0. The van der Waals surface area contributed by atoms with Crippen molar-refractivity contribution in [2.75, 3.05) is 18.0 Å². The predicted molar refractivity (Wildman–Crippen MR) is 76.5 cm³/mol. The van der Waals surface area contributed by atoms with Crippen LogP contribution in [0.2, 0.25) is 0 Å². The maximum absolute atomic E-state index is 11.7. The first-order valence-corrected chi connectivity index (χ1v) is 7.61. The van der Waals surface area contributed by atoms with Gasteiger partial charge in [0.15, 0.2) is 0 Å². The van der Waals surface area contributed by atoms with E-state index in [-0.39, 0.29) is 5.56 Å². The van der Waals surface area contributed by atoms with Gasteiger partial charge in [0, 0.05) is 25.6 Å². The molecule has 1 saturated heterocycles. The molecule has 0 bridgehead atoms. The van der Waals surface area contributed by atoms with Gasteiger partial charge in [-0.1, -0.05) is 26.2 Å². The summed E-state index contributed by atoms with van der Waals surface area (Å²) in [5.74, 6) is 3.41. The average Bonchev–Trinajstić information content (AvgIpc) is 2.46. The molecule has 1 aliphatic carbocycles. The van der Waals surface area contributed by atoms with Crippen LogP contribution in [0.1, 0.15) is 44.9 Å². The molecular weight excluding hydrogens is 238 g/mol. The zero-order valence-electron chi connectivity index (χ0n) is 11.7. The number of hydrogen-bond donors (Lipinski definition) is 1. The van der Waals surface area contributed by atoms with Crippen molar-refractivity contribution in [3.63, 3.8) is 0 Å². The van der Waals surface area contributed by atoms with Gasteiger partial charge in [-0.05, 0) is 24.7 Å². The highest BCUT2D eigenvalue weighted by Crippen LogP contribution is 2.36. The largest absolute Gasteiger partial charge is 0.356 e. The average molecular weight is 261 g/mol. The maximum atomic E-state index is 11.7. The third-order valence-electron chi connectivity index (χ3n) is 4.73. The van der Waals surface area contributed by atoms with Crippen LogP contribution in [-0.2, 0) is 6.42 Å². The van der Waals surface area contributed by atoms with E-state index in [0.29, 0.717) is 0 Å². The monoisotopic (exact) mass is 261 g/mol. The molecule has 1 aromatic heterocycles. The van der Waals surface area contributed by atoms with Gasteiger partial charge in [-0.3, -0.25) is 4.79 Å². The Morgan fingerprint density at radius 1 is 1.32 bits per heavy atom. The Kier molecular flexibility index (Phi) is 3.58. The number of anilines is 1. The second-order valence-electron chi connectivity index (χ2n) is 5.94. The van der Waals surface area contributed by atoms with Crippen molar-refractivity contribution in [3.8, 4) is 0 Å². The molecule has 0 radical (unpaired) electrons. The van der Waals surface area contributed by atoms with Gasteiger partial charge in [-0.2, -0.15) is 0 Å². The van der Waals surface area contributed by atoms with Gasteiger partial charge < -0.3 is 9.88 Å². The van der Waals surface area contributed by atoms with Gasteiger partial charge in [-0.15, -0.1) is 0 Å². The van der Waals surface area contributed by atoms with E-state index in [4.69, 9.17) is 0 Å². The second-order valence-corrected chi connectivity index (χ2v) is 5.94. The molecule has 4 heteroatoms. The standard InChI is InChI=1S/C15H23N3O/c1-2-13-16-14(9-15(19)17-13)18-8-7-11-5-3-4-6-12(11)10-18/h9,11-12H,2-8,10H2,1H3,(H,16,17,19). The number of aromatic amines is 1. The van der Waals surface area contributed by atoms with Crippen LogP contribution < -0.4 is 10.5 Å². The molecule has 0 amide bonds. The molecule has 1 saturated carbocycles. The maximum Gasteiger partial charge on any atom is 0.252 e. The van der Waals surface area contributed by atoms with Crippen molar-refractivity contribution in [2.24, 2.45) is 11.8 Å². The van der Waals surface area contributed by atoms with E-state index in [0.717, 1.165) is 43.0 Å². The van der Waals surface area contributed by atoms with E-state index >= 15 is 0 Å². The Morgan fingerprint density at radius 3 is 2.89 bits per heavy atom. The highest BCUT2D eigenvalue weighted by molar-refractivity contribution is 5.38. The van der Waals surface area contributed by atoms with Crippen LogP contribution >= 0.6 is 0 Å². The normalized spacial score (nSPS) is 27.1. The van der Waals surface area contributed by atoms with E-state index < -0.39 is 0 Å². The molecule has 0 spiro atoms. The van der Waals surface area contributed by atoms with Crippen LogP contribution in [0.15, 0.2) is 10.9 Å². The van der Waals surface area contributed by atoms with E-state index in [2.05, 4.69) is 14.9 Å². The number of nitrogens with one attached hydrogen (secondary N) is 1. The zero-order valence-corrected chi connectivity index (χ0v) is 11.7. The van der Waals surface area contributed by atoms with Crippen LogP contribution in [0, 0.1) is 11.8 Å². The predicted octanol–water partition coefficient (Wildman–Crippen LogP) is 2.35. The van der Waals surface area contributed by atoms with Crippen LogP contribution in [-0.4, -0.2) is 23.1 Å². The van der Waals surface area contributed by atoms with E-state index in [1.807, 2.05) is 6.92 Å². The fraction of sp³-hybridized carbons (Fsp3) is 0.733. The first kappa shape index (κ1) is 12.7. The molecule has 1 N–H and O–H groups in total. The number of aromatic nitrogens is 2. The Balaban J connectivity index is 1.79. The molecule has 4 nitrogen and oxygen atoms in total. The Labute approximate surface area is 114 Å². The van der Waals surface area contributed by atoms with Gasteiger partial charge in [-0.25, -0.2) is 4.98 Å². The molecule has 2 aliphatic rings. The summed E-state index contributed by atoms with van der Waals surface area (Å²) in [5, 5.41) is 0. The minimum atomic E-state index is -0.0207. The third kappa shape index (κ3) is 2.67. The molecule has 1 aromatic rings. The van der Waals surface area contributed by atoms with Crippen molar-refractivity contribution in [3.05, 3.63) is 22.2 Å². The molecular formula is C15H23N3O. The number of H-pyrrole nitrogens is 1. The van der Waals surface area contributed by atoms with Crippen LogP contribution in [0.4, 0.5) is 5.82 Å². The van der Waals surface area contributed by atoms with Crippen molar-refractivity contribution in [1.29, 1.82) is 0 Å². The molecule has 2 heterocycles. The molecule has 0 aromatic carbocycles. The molecule has 104 valence electrons. The quantitative estimate of drug-likeness (QED) is 0.889. The Bertz CT molecular complexity index is 496. The highest BCUT2D eigenvalue weighted by atomic mass is 16.1. The smallest absolute Gasteiger partial charge is 0.252 e. The Morgan fingerprint density at radius 2 is 2.11 bits per heavy atom. The lowest BCUT2D eigenvalue weighted by Gasteiger charge is -2.41. The summed E-state index contributed by atoms with van der Waals surface area (Å²) < 4.78 is 0.